The lowest BCUT2D eigenvalue weighted by atomic mass is 9.92. The SMILES string of the molecule is CCCC(O)CNc1ccc(C(C)=O)cc1.CCCCCC(C)Cc1ccc2c(c1)OCC(C)C2. The summed E-state index contributed by atoms with van der Waals surface area (Å²) in [6, 6.07) is 14.1. The monoisotopic (exact) mass is 481 g/mol. The van der Waals surface area contributed by atoms with Gasteiger partial charge in [-0.1, -0.05) is 71.9 Å². The van der Waals surface area contributed by atoms with Gasteiger partial charge in [-0.15, -0.1) is 0 Å². The van der Waals surface area contributed by atoms with Gasteiger partial charge in [0.2, 0.25) is 0 Å². The van der Waals surface area contributed by atoms with Crippen LogP contribution in [-0.2, 0) is 12.8 Å². The lowest BCUT2D eigenvalue weighted by Gasteiger charge is -2.23. The Hall–Kier alpha value is -2.33. The molecule has 4 heteroatoms. The fourth-order valence-electron chi connectivity index (χ4n) is 4.44. The van der Waals surface area contributed by atoms with Crippen molar-refractivity contribution in [3.8, 4) is 5.75 Å². The number of anilines is 1. The molecule has 0 saturated heterocycles. The third kappa shape index (κ3) is 10.9. The molecule has 3 unspecified atom stereocenters. The molecular weight excluding hydrogens is 434 g/mol. The van der Waals surface area contributed by atoms with E-state index in [2.05, 4.69) is 44.3 Å². The maximum atomic E-state index is 11.0. The Labute approximate surface area is 213 Å². The van der Waals surface area contributed by atoms with Crippen LogP contribution in [-0.4, -0.2) is 30.1 Å². The van der Waals surface area contributed by atoms with Gasteiger partial charge in [0, 0.05) is 17.8 Å². The minimum atomic E-state index is -0.308. The summed E-state index contributed by atoms with van der Waals surface area (Å²) in [6.45, 7) is 11.9. The number of hydrogen-bond acceptors (Lipinski definition) is 4. The van der Waals surface area contributed by atoms with Crippen molar-refractivity contribution in [2.45, 2.75) is 92.1 Å². The highest BCUT2D eigenvalue weighted by molar-refractivity contribution is 5.94. The lowest BCUT2D eigenvalue weighted by Crippen LogP contribution is -2.18. The number of benzene rings is 2. The standard InChI is InChI=1S/C18H28O.C13H19NO2/c1-4-5-6-7-14(2)10-16-8-9-17-11-15(3)13-19-18(17)12-16;1-3-4-13(16)9-14-12-7-5-11(6-8-12)10(2)15/h8-9,12,14-15H,4-7,10-11,13H2,1-3H3;5-8,13-14,16H,3-4,9H2,1-2H3. The molecular formula is C31H47NO3. The summed E-state index contributed by atoms with van der Waals surface area (Å²) in [5.74, 6) is 2.65. The first-order valence-electron chi connectivity index (χ1n) is 13.6. The van der Waals surface area contributed by atoms with Crippen LogP contribution in [0.4, 0.5) is 5.69 Å². The Balaban J connectivity index is 0.000000251. The fraction of sp³-hybridized carbons (Fsp3) is 0.581. The van der Waals surface area contributed by atoms with Crippen molar-refractivity contribution in [2.24, 2.45) is 11.8 Å². The number of unbranched alkanes of at least 4 members (excludes halogenated alkanes) is 2. The van der Waals surface area contributed by atoms with Crippen LogP contribution in [0.3, 0.4) is 0 Å². The highest BCUT2D eigenvalue weighted by atomic mass is 16.5. The van der Waals surface area contributed by atoms with Gasteiger partial charge in [0.25, 0.3) is 0 Å². The van der Waals surface area contributed by atoms with Gasteiger partial charge in [0.15, 0.2) is 5.78 Å². The van der Waals surface area contributed by atoms with Crippen molar-refractivity contribution in [3.63, 3.8) is 0 Å². The topological polar surface area (TPSA) is 58.6 Å². The Morgan fingerprint density at radius 2 is 1.83 bits per heavy atom. The largest absolute Gasteiger partial charge is 0.493 e. The molecule has 35 heavy (non-hydrogen) atoms. The molecule has 1 aliphatic rings. The minimum Gasteiger partial charge on any atom is -0.493 e. The number of fused-ring (bicyclic) bond motifs is 1. The van der Waals surface area contributed by atoms with E-state index < -0.39 is 0 Å². The zero-order valence-electron chi connectivity index (χ0n) is 22.6. The predicted octanol–water partition coefficient (Wildman–Crippen LogP) is 7.48. The summed E-state index contributed by atoms with van der Waals surface area (Å²) in [4.78, 5) is 11.0. The molecule has 194 valence electrons. The molecule has 0 saturated carbocycles. The third-order valence-corrected chi connectivity index (χ3v) is 6.56. The van der Waals surface area contributed by atoms with E-state index in [0.29, 0.717) is 18.0 Å². The number of aliphatic hydroxyl groups is 1. The maximum Gasteiger partial charge on any atom is 0.159 e. The molecule has 2 aromatic carbocycles. The van der Waals surface area contributed by atoms with Crippen molar-refractivity contribution >= 4 is 11.5 Å². The highest BCUT2D eigenvalue weighted by Crippen LogP contribution is 2.29. The molecule has 3 atom stereocenters. The second kappa shape index (κ2) is 15.6. The summed E-state index contributed by atoms with van der Waals surface area (Å²) in [5, 5.41) is 12.7. The van der Waals surface area contributed by atoms with E-state index in [1.165, 1.54) is 49.7 Å². The Morgan fingerprint density at radius 1 is 1.09 bits per heavy atom. The number of Topliss-reactive ketones (excluding diaryl/α,β-unsaturated/α-hetero) is 1. The van der Waals surface area contributed by atoms with Crippen molar-refractivity contribution in [2.75, 3.05) is 18.5 Å². The van der Waals surface area contributed by atoms with Gasteiger partial charge >= 0.3 is 0 Å². The van der Waals surface area contributed by atoms with Crippen LogP contribution in [0.5, 0.6) is 5.75 Å². The molecule has 0 spiro atoms. The first-order valence-corrected chi connectivity index (χ1v) is 13.6. The summed E-state index contributed by atoms with van der Waals surface area (Å²) >= 11 is 0. The number of carbonyl (C=O) groups excluding carboxylic acids is 1. The zero-order valence-corrected chi connectivity index (χ0v) is 22.6. The third-order valence-electron chi connectivity index (χ3n) is 6.56. The molecule has 0 aliphatic carbocycles. The summed E-state index contributed by atoms with van der Waals surface area (Å²) in [7, 11) is 0. The molecule has 4 nitrogen and oxygen atoms in total. The number of carbonyl (C=O) groups is 1. The van der Waals surface area contributed by atoms with Gasteiger partial charge in [-0.25, -0.2) is 0 Å². The summed E-state index contributed by atoms with van der Waals surface area (Å²) in [6.07, 6.45) is 9.24. The number of ketones is 1. The molecule has 0 bridgehead atoms. The van der Waals surface area contributed by atoms with Crippen LogP contribution < -0.4 is 10.1 Å². The zero-order chi connectivity index (χ0) is 25.6. The van der Waals surface area contributed by atoms with Gasteiger partial charge in [0.1, 0.15) is 5.75 Å². The van der Waals surface area contributed by atoms with E-state index in [1.54, 1.807) is 19.1 Å². The summed E-state index contributed by atoms with van der Waals surface area (Å²) < 4.78 is 5.86. The highest BCUT2D eigenvalue weighted by Gasteiger charge is 2.16. The van der Waals surface area contributed by atoms with Crippen LogP contribution in [0.15, 0.2) is 42.5 Å². The molecule has 0 fully saturated rings. The van der Waals surface area contributed by atoms with Gasteiger partial charge in [-0.05, 0) is 79.5 Å². The molecule has 2 N–H and O–H groups in total. The van der Waals surface area contributed by atoms with Crippen molar-refractivity contribution in [3.05, 3.63) is 59.2 Å². The van der Waals surface area contributed by atoms with Crippen molar-refractivity contribution in [1.82, 2.24) is 0 Å². The quantitative estimate of drug-likeness (QED) is 0.244. The smallest absolute Gasteiger partial charge is 0.159 e. The van der Waals surface area contributed by atoms with E-state index in [1.807, 2.05) is 19.1 Å². The van der Waals surface area contributed by atoms with E-state index >= 15 is 0 Å². The van der Waals surface area contributed by atoms with Crippen LogP contribution in [0.2, 0.25) is 0 Å². The van der Waals surface area contributed by atoms with Gasteiger partial charge in [0.05, 0.1) is 12.7 Å². The number of hydrogen-bond donors (Lipinski definition) is 2. The molecule has 1 aliphatic heterocycles. The summed E-state index contributed by atoms with van der Waals surface area (Å²) in [5.41, 5.74) is 4.47. The second-order valence-corrected chi connectivity index (χ2v) is 10.3. The normalized spacial score (nSPS) is 16.2. The first kappa shape index (κ1) is 28.9. The van der Waals surface area contributed by atoms with E-state index in [4.69, 9.17) is 4.74 Å². The fourth-order valence-corrected chi connectivity index (χ4v) is 4.44. The van der Waals surface area contributed by atoms with E-state index in [0.717, 1.165) is 36.8 Å². The van der Waals surface area contributed by atoms with Crippen LogP contribution >= 0.6 is 0 Å². The van der Waals surface area contributed by atoms with Crippen LogP contribution in [0.25, 0.3) is 0 Å². The van der Waals surface area contributed by atoms with Gasteiger partial charge in [-0.3, -0.25) is 4.79 Å². The average molecular weight is 482 g/mol. The van der Waals surface area contributed by atoms with Gasteiger partial charge < -0.3 is 15.2 Å². The number of nitrogens with one attached hydrogen (secondary N) is 1. The average Bonchev–Trinajstić information content (AvgIpc) is 2.84. The molecule has 0 radical (unpaired) electrons. The Kier molecular flexibility index (Phi) is 12.9. The Morgan fingerprint density at radius 3 is 2.49 bits per heavy atom. The lowest BCUT2D eigenvalue weighted by molar-refractivity contribution is 0.101. The van der Waals surface area contributed by atoms with E-state index in [9.17, 15) is 9.90 Å². The Bertz CT molecular complexity index is 877. The molecule has 0 amide bonds. The molecule has 2 aromatic rings. The molecule has 1 heterocycles. The number of rotatable bonds is 12. The first-order chi connectivity index (χ1) is 16.8. The van der Waals surface area contributed by atoms with Crippen LogP contribution in [0, 0.1) is 11.8 Å². The van der Waals surface area contributed by atoms with Gasteiger partial charge in [-0.2, -0.15) is 0 Å². The maximum absolute atomic E-state index is 11.0. The number of aliphatic hydroxyl groups excluding tert-OH is 1. The van der Waals surface area contributed by atoms with Crippen LogP contribution in [0.1, 0.15) is 94.6 Å². The predicted molar refractivity (Wildman–Crippen MR) is 148 cm³/mol. The number of ether oxygens (including phenoxy) is 1. The van der Waals surface area contributed by atoms with Crippen molar-refractivity contribution in [1.29, 1.82) is 0 Å². The van der Waals surface area contributed by atoms with Crippen molar-refractivity contribution < 1.29 is 14.6 Å². The molecule has 3 rings (SSSR count). The van der Waals surface area contributed by atoms with E-state index in [-0.39, 0.29) is 11.9 Å². The minimum absolute atomic E-state index is 0.0672. The molecule has 0 aromatic heterocycles. The second-order valence-electron chi connectivity index (χ2n) is 10.3.